The molecule has 0 radical (unpaired) electrons. The molecule has 0 saturated heterocycles. The summed E-state index contributed by atoms with van der Waals surface area (Å²) in [4.78, 5) is 17.6. The molecule has 16 heavy (non-hydrogen) atoms. The van der Waals surface area contributed by atoms with Gasteiger partial charge in [0, 0.05) is 23.8 Å². The van der Waals surface area contributed by atoms with E-state index in [-0.39, 0.29) is 11.9 Å². The predicted octanol–water partition coefficient (Wildman–Crippen LogP) is 2.22. The summed E-state index contributed by atoms with van der Waals surface area (Å²) < 4.78 is 0.663. The SMILES string of the molecule is CC(CC#N)N(C)C(=O)c1ncccc1Br. The molecule has 0 N–H and O–H groups in total. The molecule has 1 rings (SSSR count). The normalized spacial score (nSPS) is 11.6. The van der Waals surface area contributed by atoms with Crippen LogP contribution in [0.15, 0.2) is 22.8 Å². The number of hydrogen-bond donors (Lipinski definition) is 0. The Bertz CT molecular complexity index is 427. The molecule has 4 nitrogen and oxygen atoms in total. The van der Waals surface area contributed by atoms with Gasteiger partial charge in [0.05, 0.1) is 12.5 Å². The average Bonchev–Trinajstić information content (AvgIpc) is 2.28. The number of carbonyl (C=O) groups is 1. The van der Waals surface area contributed by atoms with E-state index < -0.39 is 0 Å². The summed E-state index contributed by atoms with van der Waals surface area (Å²) in [5.74, 6) is -0.185. The molecular weight excluding hydrogens is 270 g/mol. The lowest BCUT2D eigenvalue weighted by Crippen LogP contribution is -2.35. The van der Waals surface area contributed by atoms with Crippen molar-refractivity contribution < 1.29 is 4.79 Å². The van der Waals surface area contributed by atoms with Gasteiger partial charge in [0.25, 0.3) is 5.91 Å². The number of hydrogen-bond acceptors (Lipinski definition) is 3. The zero-order valence-electron chi connectivity index (χ0n) is 9.14. The maximum atomic E-state index is 12.0. The highest BCUT2D eigenvalue weighted by Crippen LogP contribution is 2.16. The van der Waals surface area contributed by atoms with Crippen molar-refractivity contribution in [2.24, 2.45) is 0 Å². The highest BCUT2D eigenvalue weighted by molar-refractivity contribution is 9.10. The minimum Gasteiger partial charge on any atom is -0.337 e. The van der Waals surface area contributed by atoms with Gasteiger partial charge in [-0.1, -0.05) is 0 Å². The van der Waals surface area contributed by atoms with Crippen molar-refractivity contribution in [3.05, 3.63) is 28.5 Å². The van der Waals surface area contributed by atoms with Crippen LogP contribution in [0.1, 0.15) is 23.8 Å². The fourth-order valence-corrected chi connectivity index (χ4v) is 1.60. The van der Waals surface area contributed by atoms with E-state index in [0.717, 1.165) is 0 Å². The Balaban J connectivity index is 2.87. The first-order valence-corrected chi connectivity index (χ1v) is 5.62. The fourth-order valence-electron chi connectivity index (χ4n) is 1.18. The van der Waals surface area contributed by atoms with Crippen molar-refractivity contribution in [2.45, 2.75) is 19.4 Å². The average molecular weight is 282 g/mol. The van der Waals surface area contributed by atoms with Crippen LogP contribution in [-0.2, 0) is 0 Å². The van der Waals surface area contributed by atoms with Crippen molar-refractivity contribution in [3.8, 4) is 6.07 Å². The number of halogens is 1. The van der Waals surface area contributed by atoms with Crippen LogP contribution in [0.5, 0.6) is 0 Å². The number of pyridine rings is 1. The lowest BCUT2D eigenvalue weighted by atomic mass is 10.2. The van der Waals surface area contributed by atoms with Crippen molar-refractivity contribution in [1.29, 1.82) is 5.26 Å². The van der Waals surface area contributed by atoms with Gasteiger partial charge in [-0.3, -0.25) is 4.79 Å². The van der Waals surface area contributed by atoms with E-state index in [1.807, 2.05) is 13.0 Å². The van der Waals surface area contributed by atoms with Crippen LogP contribution < -0.4 is 0 Å². The van der Waals surface area contributed by atoms with Crippen LogP contribution in [0.4, 0.5) is 0 Å². The molecule has 84 valence electrons. The molecule has 0 saturated carbocycles. The second-order valence-electron chi connectivity index (χ2n) is 3.46. The van der Waals surface area contributed by atoms with Crippen LogP contribution in [-0.4, -0.2) is 28.9 Å². The van der Waals surface area contributed by atoms with Gasteiger partial charge in [-0.15, -0.1) is 0 Å². The van der Waals surface area contributed by atoms with E-state index in [4.69, 9.17) is 5.26 Å². The second kappa shape index (κ2) is 5.61. The Morgan fingerprint density at radius 3 is 3.00 bits per heavy atom. The van der Waals surface area contributed by atoms with Gasteiger partial charge in [0.15, 0.2) is 0 Å². The Labute approximate surface area is 103 Å². The molecule has 1 amide bonds. The predicted molar refractivity (Wildman–Crippen MR) is 63.7 cm³/mol. The second-order valence-corrected chi connectivity index (χ2v) is 4.32. The lowest BCUT2D eigenvalue weighted by Gasteiger charge is -2.22. The Morgan fingerprint density at radius 1 is 1.75 bits per heavy atom. The number of carbonyl (C=O) groups excluding carboxylic acids is 1. The van der Waals surface area contributed by atoms with Crippen molar-refractivity contribution >= 4 is 21.8 Å². The molecule has 0 bridgehead atoms. The fraction of sp³-hybridized carbons (Fsp3) is 0.364. The van der Waals surface area contributed by atoms with Gasteiger partial charge in [0.2, 0.25) is 0 Å². The van der Waals surface area contributed by atoms with Crippen molar-refractivity contribution in [3.63, 3.8) is 0 Å². The molecule has 1 atom stereocenters. The molecule has 0 aromatic carbocycles. The summed E-state index contributed by atoms with van der Waals surface area (Å²) in [6, 6.07) is 5.44. The zero-order valence-corrected chi connectivity index (χ0v) is 10.7. The summed E-state index contributed by atoms with van der Waals surface area (Å²) in [5, 5.41) is 8.58. The van der Waals surface area contributed by atoms with E-state index in [1.54, 1.807) is 25.4 Å². The Hall–Kier alpha value is -1.41. The van der Waals surface area contributed by atoms with Gasteiger partial charge in [-0.25, -0.2) is 4.98 Å². The molecule has 0 aliphatic heterocycles. The minimum absolute atomic E-state index is 0.119. The summed E-state index contributed by atoms with van der Waals surface area (Å²) in [6.07, 6.45) is 1.88. The molecule has 0 fully saturated rings. The number of aromatic nitrogens is 1. The molecule has 0 spiro atoms. The Morgan fingerprint density at radius 2 is 2.44 bits per heavy atom. The minimum atomic E-state index is -0.185. The zero-order chi connectivity index (χ0) is 12.1. The third-order valence-corrected chi connectivity index (χ3v) is 2.97. The summed E-state index contributed by atoms with van der Waals surface area (Å²) in [5.41, 5.74) is 0.370. The quantitative estimate of drug-likeness (QED) is 0.854. The topological polar surface area (TPSA) is 57.0 Å². The van der Waals surface area contributed by atoms with E-state index >= 15 is 0 Å². The molecule has 5 heteroatoms. The van der Waals surface area contributed by atoms with Crippen LogP contribution in [0.25, 0.3) is 0 Å². The third-order valence-electron chi connectivity index (χ3n) is 2.33. The highest BCUT2D eigenvalue weighted by Gasteiger charge is 2.20. The van der Waals surface area contributed by atoms with Gasteiger partial charge in [0.1, 0.15) is 5.69 Å². The molecular formula is C11H12BrN3O. The van der Waals surface area contributed by atoms with E-state index in [9.17, 15) is 4.79 Å². The molecule has 0 aliphatic carbocycles. The largest absolute Gasteiger partial charge is 0.337 e. The van der Waals surface area contributed by atoms with Crippen molar-refractivity contribution in [1.82, 2.24) is 9.88 Å². The third kappa shape index (κ3) is 2.80. The first-order chi connectivity index (χ1) is 7.57. The van der Waals surface area contributed by atoms with Crippen LogP contribution in [0.3, 0.4) is 0 Å². The lowest BCUT2D eigenvalue weighted by molar-refractivity contribution is 0.0739. The number of nitriles is 1. The summed E-state index contributed by atoms with van der Waals surface area (Å²) in [6.45, 7) is 1.83. The van der Waals surface area contributed by atoms with E-state index in [2.05, 4.69) is 20.9 Å². The van der Waals surface area contributed by atoms with Gasteiger partial charge in [-0.2, -0.15) is 5.26 Å². The van der Waals surface area contributed by atoms with E-state index in [1.165, 1.54) is 4.90 Å². The monoisotopic (exact) mass is 281 g/mol. The van der Waals surface area contributed by atoms with Crippen molar-refractivity contribution in [2.75, 3.05) is 7.05 Å². The van der Waals surface area contributed by atoms with Gasteiger partial charge >= 0.3 is 0 Å². The molecule has 1 unspecified atom stereocenters. The summed E-state index contributed by atoms with van der Waals surface area (Å²) in [7, 11) is 1.67. The molecule has 0 aliphatic rings. The highest BCUT2D eigenvalue weighted by atomic mass is 79.9. The number of nitrogens with zero attached hydrogens (tertiary/aromatic N) is 3. The standard InChI is InChI=1S/C11H12BrN3O/c1-8(5-6-13)15(2)11(16)10-9(12)4-3-7-14-10/h3-4,7-8H,5H2,1-2H3. The van der Waals surface area contributed by atoms with Crippen LogP contribution in [0, 0.1) is 11.3 Å². The van der Waals surface area contributed by atoms with Gasteiger partial charge < -0.3 is 4.90 Å². The smallest absolute Gasteiger partial charge is 0.273 e. The number of rotatable bonds is 3. The molecule has 1 aromatic heterocycles. The Kier molecular flexibility index (Phi) is 4.44. The maximum absolute atomic E-state index is 12.0. The van der Waals surface area contributed by atoms with Gasteiger partial charge in [-0.05, 0) is 35.0 Å². The maximum Gasteiger partial charge on any atom is 0.273 e. The van der Waals surface area contributed by atoms with E-state index in [0.29, 0.717) is 16.6 Å². The first kappa shape index (κ1) is 12.7. The molecule has 1 aromatic rings. The molecule has 1 heterocycles. The first-order valence-electron chi connectivity index (χ1n) is 4.82. The number of amides is 1. The van der Waals surface area contributed by atoms with Crippen LogP contribution in [0.2, 0.25) is 0 Å². The van der Waals surface area contributed by atoms with Crippen LogP contribution >= 0.6 is 15.9 Å². The summed E-state index contributed by atoms with van der Waals surface area (Å²) >= 11 is 3.28.